The van der Waals surface area contributed by atoms with Crippen LogP contribution >= 0.6 is 11.6 Å². The molecule has 4 N–H and O–H groups in total. The van der Waals surface area contributed by atoms with Crippen LogP contribution in [0.4, 0.5) is 34.6 Å². The quantitative estimate of drug-likeness (QED) is 0.0456. The van der Waals surface area contributed by atoms with Crippen molar-refractivity contribution in [3.63, 3.8) is 0 Å². The van der Waals surface area contributed by atoms with Gasteiger partial charge in [-0.2, -0.15) is 31.8 Å². The number of hydrogen-bond donors (Lipinski definition) is 4. The van der Waals surface area contributed by atoms with Crippen molar-refractivity contribution < 1.29 is 158 Å². The standard InChI is InChI=1S/C27H22ClN7O16S5.3Na/c28-25-31-26(29-15-4-3-5-16(12-15)52(37,38)9-8-51-56(48,49)50)33-27(32-25)30-19-13-17(53(39,40)41)10-14-11-21(55(45,46)47)23(24(36)22(14)19)35-34-18-6-1-2-7-20(18)54(42,43)44;;;/h1-7,10-13,36H,8-9H2,(H,39,40,41)(H,42,43,44)(H,45,46,47)(H,48,49,50)(H2,29,30,31,32,33);;;/q;3*+1/p-3. The molecule has 0 amide bonds. The van der Waals surface area contributed by atoms with Crippen LogP contribution in [0.3, 0.4) is 0 Å². The smallest absolute Gasteiger partial charge is 0.870 e. The van der Waals surface area contributed by atoms with Gasteiger partial charge in [-0.05, 0) is 70.9 Å². The minimum atomic E-state index is -5.39. The second-order valence-corrected chi connectivity index (χ2v) is 18.4. The summed E-state index contributed by atoms with van der Waals surface area (Å²) in [6.45, 7) is -0.910. The number of hydrogen-bond acceptors (Lipinski definition) is 21. The summed E-state index contributed by atoms with van der Waals surface area (Å²) < 4.78 is 166. The number of fused-ring (bicyclic) bond motifs is 1. The summed E-state index contributed by atoms with van der Waals surface area (Å²) in [4.78, 5) is 8.12. The number of sulfone groups is 1. The van der Waals surface area contributed by atoms with Gasteiger partial charge in [-0.3, -0.25) is 9.11 Å². The van der Waals surface area contributed by atoms with Gasteiger partial charge in [-0.15, -0.1) is 10.2 Å². The van der Waals surface area contributed by atoms with Gasteiger partial charge >= 0.3 is 99.1 Å². The maximum atomic E-state index is 13.9. The molecular formula is C27H19ClN7Na3O16S5. The van der Waals surface area contributed by atoms with Gasteiger partial charge in [0.05, 0.1) is 32.7 Å². The molecular weight excluding hydrogens is 943 g/mol. The van der Waals surface area contributed by atoms with Crippen LogP contribution in [-0.4, -0.2) is 87.6 Å². The fourth-order valence-corrected chi connectivity index (χ4v) is 8.17. The number of rotatable bonds is 14. The van der Waals surface area contributed by atoms with Crippen LogP contribution in [0.5, 0.6) is 5.75 Å². The number of anilines is 4. The molecule has 32 heteroatoms. The average Bonchev–Trinajstić information content (AvgIpc) is 3.05. The first-order chi connectivity index (χ1) is 25.8. The number of azo groups is 1. The number of aromatic nitrogens is 3. The van der Waals surface area contributed by atoms with E-state index in [1.165, 1.54) is 18.2 Å². The summed E-state index contributed by atoms with van der Waals surface area (Å²) in [5.41, 5.74) is -2.39. The molecule has 4 aromatic carbocycles. The van der Waals surface area contributed by atoms with E-state index in [0.29, 0.717) is 18.2 Å². The second kappa shape index (κ2) is 20.4. The number of nitrogens with zero attached hydrogens (tertiary/aromatic N) is 5. The molecule has 5 aromatic rings. The maximum Gasteiger partial charge on any atom is 1.00 e. The zero-order valence-electron chi connectivity index (χ0n) is 30.0. The molecule has 0 saturated heterocycles. The molecule has 5 rings (SSSR count). The van der Waals surface area contributed by atoms with Gasteiger partial charge in [0.1, 0.15) is 30.8 Å². The van der Waals surface area contributed by atoms with E-state index >= 15 is 0 Å². The minimum absolute atomic E-state index is 0. The van der Waals surface area contributed by atoms with Crippen LogP contribution in [0, 0.1) is 0 Å². The second-order valence-electron chi connectivity index (χ2n) is 10.8. The minimum Gasteiger partial charge on any atom is -0.870 e. The van der Waals surface area contributed by atoms with Gasteiger partial charge in [0, 0.05) is 11.4 Å². The predicted molar refractivity (Wildman–Crippen MR) is 187 cm³/mol. The average molecular weight is 962 g/mol. The van der Waals surface area contributed by atoms with Crippen molar-refractivity contribution in [2.75, 3.05) is 23.0 Å². The van der Waals surface area contributed by atoms with Crippen molar-refractivity contribution >= 4 is 108 Å². The predicted octanol–water partition coefficient (Wildman–Crippen LogP) is -6.69. The Hall–Kier alpha value is -2.01. The van der Waals surface area contributed by atoms with Crippen molar-refractivity contribution in [1.82, 2.24) is 15.0 Å². The molecule has 0 spiro atoms. The Kier molecular flexibility index (Phi) is 18.4. The topological polar surface area (TPSA) is 377 Å². The number of nitrogens with one attached hydrogen (secondary N) is 2. The summed E-state index contributed by atoms with van der Waals surface area (Å²) in [7, 11) is -25.0. The summed E-state index contributed by atoms with van der Waals surface area (Å²) in [5, 5.41) is 24.3. The van der Waals surface area contributed by atoms with Crippen LogP contribution in [0.1, 0.15) is 0 Å². The van der Waals surface area contributed by atoms with Crippen LogP contribution in [-0.2, 0) is 54.8 Å². The van der Waals surface area contributed by atoms with Gasteiger partial charge < -0.3 is 24.8 Å². The molecule has 0 radical (unpaired) electrons. The molecule has 0 bridgehead atoms. The van der Waals surface area contributed by atoms with Crippen molar-refractivity contribution in [3.05, 3.63) is 72.0 Å². The molecule has 0 aliphatic rings. The maximum absolute atomic E-state index is 13.9. The zero-order chi connectivity index (χ0) is 41.4. The van der Waals surface area contributed by atoms with E-state index in [0.717, 1.165) is 30.3 Å². The van der Waals surface area contributed by atoms with E-state index < -0.39 is 128 Å². The Morgan fingerprint density at radius 2 is 1.34 bits per heavy atom. The fraction of sp³-hybridized carbons (Fsp3) is 0.0741. The van der Waals surface area contributed by atoms with Crippen molar-refractivity contribution in [1.29, 1.82) is 0 Å². The van der Waals surface area contributed by atoms with Gasteiger partial charge in [-0.25, -0.2) is 29.4 Å². The van der Waals surface area contributed by atoms with Crippen LogP contribution in [0.25, 0.3) is 10.8 Å². The molecule has 0 atom stereocenters. The summed E-state index contributed by atoms with van der Waals surface area (Å²) in [6, 6.07) is 10.8. The van der Waals surface area contributed by atoms with Crippen molar-refractivity contribution in [3.8, 4) is 5.75 Å². The van der Waals surface area contributed by atoms with Gasteiger partial charge in [0.2, 0.25) is 17.2 Å². The molecule has 59 heavy (non-hydrogen) atoms. The summed E-state index contributed by atoms with van der Waals surface area (Å²) in [5.74, 6) is -3.25. The summed E-state index contributed by atoms with van der Waals surface area (Å²) in [6.07, 6.45) is 0. The van der Waals surface area contributed by atoms with E-state index in [9.17, 15) is 60.9 Å². The molecule has 23 nitrogen and oxygen atoms in total. The largest absolute Gasteiger partial charge is 1.00 e. The third-order valence-corrected chi connectivity index (χ3v) is 11.8. The van der Waals surface area contributed by atoms with Crippen molar-refractivity contribution in [2.45, 2.75) is 19.6 Å². The Labute approximate surface area is 406 Å². The molecule has 0 aliphatic carbocycles. The first-order valence-corrected chi connectivity index (χ1v) is 22.1. The third kappa shape index (κ3) is 14.0. The van der Waals surface area contributed by atoms with E-state index in [4.69, 9.17) is 16.2 Å². The molecule has 0 fully saturated rings. The van der Waals surface area contributed by atoms with Crippen LogP contribution in [0.15, 0.2) is 96.5 Å². The van der Waals surface area contributed by atoms with E-state index in [1.54, 1.807) is 0 Å². The SMILES string of the molecule is O=S(=O)(O)OCCS(=O)(=O)c1cccc(Nc2nc(Cl)nc(Nc3cc(S(=O)(=O)[O-])cc4cc(S(=O)(=O)O)c(N=Nc5ccccc5S(=O)(=O)[O-])c([O-])c34)n2)c1.[Na+].[Na+].[Na+]. The molecule has 0 unspecified atom stereocenters. The van der Waals surface area contributed by atoms with E-state index in [1.807, 2.05) is 0 Å². The zero-order valence-corrected chi connectivity index (χ0v) is 40.9. The van der Waals surface area contributed by atoms with Gasteiger partial charge in [0.25, 0.3) is 10.1 Å². The van der Waals surface area contributed by atoms with Crippen LogP contribution < -0.4 is 104 Å². The molecule has 0 saturated carbocycles. The van der Waals surface area contributed by atoms with Crippen molar-refractivity contribution in [2.24, 2.45) is 10.2 Å². The molecule has 1 heterocycles. The van der Waals surface area contributed by atoms with Gasteiger partial charge in [-0.1, -0.05) is 23.9 Å². The Bertz CT molecular complexity index is 3020. The van der Waals surface area contributed by atoms with E-state index in [2.05, 4.69) is 40.0 Å². The Morgan fingerprint density at radius 1 is 0.712 bits per heavy atom. The normalized spacial score (nSPS) is 12.3. The van der Waals surface area contributed by atoms with Gasteiger partial charge in [0.15, 0.2) is 9.84 Å². The molecule has 1 aromatic heterocycles. The first kappa shape index (κ1) is 53.1. The Balaban J connectivity index is 0.00000400. The fourth-order valence-electron chi connectivity index (χ4n) is 4.68. The van der Waals surface area contributed by atoms with E-state index in [-0.39, 0.29) is 99.3 Å². The first-order valence-electron chi connectivity index (χ1n) is 14.4. The summed E-state index contributed by atoms with van der Waals surface area (Å²) >= 11 is 6.06. The molecule has 0 aliphatic heterocycles. The number of halogens is 1. The monoisotopic (exact) mass is 961 g/mol. The third-order valence-electron chi connectivity index (χ3n) is 6.95. The molecule has 298 valence electrons. The number of benzene rings is 4. The van der Waals surface area contributed by atoms with Crippen LogP contribution in [0.2, 0.25) is 5.28 Å². The Morgan fingerprint density at radius 3 is 1.93 bits per heavy atom.